The molecule has 0 saturated heterocycles. The van der Waals surface area contributed by atoms with Crippen molar-refractivity contribution in [2.75, 3.05) is 13.1 Å². The molecule has 0 aliphatic rings. The first-order valence-corrected chi connectivity index (χ1v) is 5.39. The fourth-order valence-corrected chi connectivity index (χ4v) is 0.941. The number of nitrogens with one attached hydrogen (secondary N) is 1. The van der Waals surface area contributed by atoms with Gasteiger partial charge < -0.3 is 15.8 Å². The molecule has 0 aromatic rings. The van der Waals surface area contributed by atoms with Crippen molar-refractivity contribution in [1.82, 2.24) is 5.32 Å². The Kier molecular flexibility index (Phi) is 5.08. The van der Waals surface area contributed by atoms with Crippen molar-refractivity contribution in [3.63, 3.8) is 0 Å². The first kappa shape index (κ1) is 14.2. The number of alkyl carbamates (subject to hydrolysis) is 1. The number of carbonyl (C=O) groups excluding carboxylic acids is 1. The van der Waals surface area contributed by atoms with E-state index in [0.29, 0.717) is 13.1 Å². The Morgan fingerprint density at radius 3 is 2.20 bits per heavy atom. The van der Waals surface area contributed by atoms with Crippen LogP contribution in [0.2, 0.25) is 0 Å². The van der Waals surface area contributed by atoms with Gasteiger partial charge in [-0.05, 0) is 39.2 Å². The molecule has 0 fully saturated rings. The molecule has 0 bridgehead atoms. The molecule has 4 nitrogen and oxygen atoms in total. The third kappa shape index (κ3) is 6.33. The summed E-state index contributed by atoms with van der Waals surface area (Å²) in [5, 5.41) is 2.74. The van der Waals surface area contributed by atoms with E-state index in [1.54, 1.807) is 0 Å². The second-order valence-corrected chi connectivity index (χ2v) is 5.22. The lowest BCUT2D eigenvalue weighted by molar-refractivity contribution is 0.0503. The second kappa shape index (κ2) is 5.35. The number of ether oxygens (including phenoxy) is 1. The molecule has 0 aliphatic carbocycles. The molecule has 0 radical (unpaired) electrons. The third-order valence-electron chi connectivity index (χ3n) is 2.40. The van der Waals surface area contributed by atoms with E-state index < -0.39 is 5.60 Å². The van der Waals surface area contributed by atoms with Crippen LogP contribution in [0.4, 0.5) is 4.79 Å². The number of amides is 1. The van der Waals surface area contributed by atoms with Crippen molar-refractivity contribution in [3.8, 4) is 0 Å². The van der Waals surface area contributed by atoms with Crippen LogP contribution in [-0.2, 0) is 4.74 Å². The third-order valence-corrected chi connectivity index (χ3v) is 2.40. The van der Waals surface area contributed by atoms with Crippen LogP contribution in [0.1, 0.15) is 41.0 Å². The fraction of sp³-hybridized carbons (Fsp3) is 0.909. The summed E-state index contributed by atoms with van der Waals surface area (Å²) in [5.74, 6) is 0. The Bertz CT molecular complexity index is 205. The fourth-order valence-electron chi connectivity index (χ4n) is 0.941. The molecule has 0 aliphatic heterocycles. The smallest absolute Gasteiger partial charge is 0.407 e. The summed E-state index contributed by atoms with van der Waals surface area (Å²) in [6, 6.07) is 0. The minimum atomic E-state index is -0.449. The Balaban J connectivity index is 4.00. The zero-order valence-corrected chi connectivity index (χ0v) is 10.5. The zero-order chi connectivity index (χ0) is 12.1. The van der Waals surface area contributed by atoms with Gasteiger partial charge in [0.05, 0.1) is 0 Å². The maximum atomic E-state index is 11.4. The van der Waals surface area contributed by atoms with Gasteiger partial charge in [0.2, 0.25) is 0 Å². The molecule has 0 heterocycles. The molecule has 15 heavy (non-hydrogen) atoms. The highest BCUT2D eigenvalue weighted by Gasteiger charge is 2.22. The van der Waals surface area contributed by atoms with Crippen molar-refractivity contribution >= 4 is 6.09 Å². The highest BCUT2D eigenvalue weighted by atomic mass is 16.6. The highest BCUT2D eigenvalue weighted by molar-refractivity contribution is 5.67. The van der Waals surface area contributed by atoms with Gasteiger partial charge in [0.25, 0.3) is 0 Å². The molecule has 0 aromatic heterocycles. The molecule has 3 N–H and O–H groups in total. The zero-order valence-electron chi connectivity index (χ0n) is 10.5. The molecule has 1 unspecified atom stereocenters. The van der Waals surface area contributed by atoms with Gasteiger partial charge in [0.15, 0.2) is 0 Å². The average molecular weight is 216 g/mol. The summed E-state index contributed by atoms with van der Waals surface area (Å²) < 4.78 is 5.13. The quantitative estimate of drug-likeness (QED) is 0.754. The Labute approximate surface area is 92.6 Å². The molecular formula is C11H24N2O2. The molecule has 0 spiro atoms. The maximum absolute atomic E-state index is 11.4. The average Bonchev–Trinajstić information content (AvgIpc) is 2.12. The van der Waals surface area contributed by atoms with E-state index in [0.717, 1.165) is 6.42 Å². The van der Waals surface area contributed by atoms with E-state index in [2.05, 4.69) is 12.2 Å². The number of carbonyl (C=O) groups is 1. The van der Waals surface area contributed by atoms with Crippen LogP contribution < -0.4 is 11.1 Å². The van der Waals surface area contributed by atoms with Crippen LogP contribution in [-0.4, -0.2) is 24.8 Å². The number of hydrogen-bond acceptors (Lipinski definition) is 3. The monoisotopic (exact) mass is 216 g/mol. The van der Waals surface area contributed by atoms with E-state index >= 15 is 0 Å². The van der Waals surface area contributed by atoms with Gasteiger partial charge in [-0.2, -0.15) is 0 Å². The van der Waals surface area contributed by atoms with Crippen LogP contribution in [0.5, 0.6) is 0 Å². The van der Waals surface area contributed by atoms with E-state index in [1.165, 1.54) is 0 Å². The molecule has 0 rings (SSSR count). The van der Waals surface area contributed by atoms with Gasteiger partial charge >= 0.3 is 6.09 Å². The van der Waals surface area contributed by atoms with Crippen LogP contribution in [0.3, 0.4) is 0 Å². The van der Waals surface area contributed by atoms with E-state index in [4.69, 9.17) is 10.5 Å². The van der Waals surface area contributed by atoms with Crippen LogP contribution in [0, 0.1) is 5.41 Å². The van der Waals surface area contributed by atoms with Gasteiger partial charge in [-0.3, -0.25) is 0 Å². The van der Waals surface area contributed by atoms with Crippen molar-refractivity contribution in [2.45, 2.75) is 46.6 Å². The summed E-state index contributed by atoms with van der Waals surface area (Å²) in [7, 11) is 0. The lowest BCUT2D eigenvalue weighted by Gasteiger charge is -2.27. The van der Waals surface area contributed by atoms with Gasteiger partial charge in [-0.1, -0.05) is 13.8 Å². The summed E-state index contributed by atoms with van der Waals surface area (Å²) in [5.41, 5.74) is 5.15. The van der Waals surface area contributed by atoms with Gasteiger partial charge in [-0.15, -0.1) is 0 Å². The summed E-state index contributed by atoms with van der Waals surface area (Å²) in [4.78, 5) is 11.4. The predicted molar refractivity (Wildman–Crippen MR) is 61.7 cm³/mol. The molecule has 0 saturated carbocycles. The van der Waals surface area contributed by atoms with Gasteiger partial charge in [-0.25, -0.2) is 4.79 Å². The standard InChI is InChI=1S/C11H24N2O2/c1-6-11(5,7-12)8-13-9(14)15-10(2,3)4/h6-8,12H2,1-5H3,(H,13,14). The molecule has 1 atom stereocenters. The van der Waals surface area contributed by atoms with Crippen LogP contribution >= 0.6 is 0 Å². The number of nitrogens with two attached hydrogens (primary N) is 1. The van der Waals surface area contributed by atoms with E-state index in [9.17, 15) is 4.79 Å². The minimum absolute atomic E-state index is 0.0447. The van der Waals surface area contributed by atoms with Crippen molar-refractivity contribution < 1.29 is 9.53 Å². The Morgan fingerprint density at radius 1 is 1.33 bits per heavy atom. The summed E-state index contributed by atoms with van der Waals surface area (Å²) in [6.07, 6.45) is 0.551. The van der Waals surface area contributed by atoms with Crippen molar-refractivity contribution in [3.05, 3.63) is 0 Å². The minimum Gasteiger partial charge on any atom is -0.444 e. The maximum Gasteiger partial charge on any atom is 0.407 e. The summed E-state index contributed by atoms with van der Waals surface area (Å²) >= 11 is 0. The van der Waals surface area contributed by atoms with Crippen molar-refractivity contribution in [1.29, 1.82) is 0 Å². The molecule has 0 aromatic carbocycles. The van der Waals surface area contributed by atoms with Crippen molar-refractivity contribution in [2.24, 2.45) is 11.1 Å². The molecular weight excluding hydrogens is 192 g/mol. The lowest BCUT2D eigenvalue weighted by Crippen LogP contribution is -2.42. The second-order valence-electron chi connectivity index (χ2n) is 5.22. The molecule has 4 heteroatoms. The molecule has 90 valence electrons. The number of hydrogen-bond donors (Lipinski definition) is 2. The topological polar surface area (TPSA) is 64.3 Å². The Hall–Kier alpha value is -0.770. The van der Waals surface area contributed by atoms with Crippen LogP contribution in [0.25, 0.3) is 0 Å². The predicted octanol–water partition coefficient (Wildman–Crippen LogP) is 1.89. The van der Waals surface area contributed by atoms with Gasteiger partial charge in [0, 0.05) is 6.54 Å². The SMILES string of the molecule is CCC(C)(CN)CNC(=O)OC(C)(C)C. The lowest BCUT2D eigenvalue weighted by atomic mass is 9.88. The first-order chi connectivity index (χ1) is 6.72. The first-order valence-electron chi connectivity index (χ1n) is 5.39. The molecule has 1 amide bonds. The normalized spacial score (nSPS) is 15.6. The van der Waals surface area contributed by atoms with Gasteiger partial charge in [0.1, 0.15) is 5.60 Å². The largest absolute Gasteiger partial charge is 0.444 e. The number of rotatable bonds is 4. The Morgan fingerprint density at radius 2 is 1.87 bits per heavy atom. The van der Waals surface area contributed by atoms with E-state index in [1.807, 2.05) is 27.7 Å². The summed E-state index contributed by atoms with van der Waals surface area (Å²) in [6.45, 7) is 10.7. The van der Waals surface area contributed by atoms with Crippen LogP contribution in [0.15, 0.2) is 0 Å². The highest BCUT2D eigenvalue weighted by Crippen LogP contribution is 2.17. The van der Waals surface area contributed by atoms with E-state index in [-0.39, 0.29) is 11.5 Å².